The summed E-state index contributed by atoms with van der Waals surface area (Å²) in [5, 5.41) is 10.6. The summed E-state index contributed by atoms with van der Waals surface area (Å²) < 4.78 is 41.7. The Labute approximate surface area is 111 Å². The van der Waals surface area contributed by atoms with Crippen molar-refractivity contribution in [2.24, 2.45) is 0 Å². The Kier molecular flexibility index (Phi) is 4.94. The maximum absolute atomic E-state index is 12.2. The summed E-state index contributed by atoms with van der Waals surface area (Å²) in [6, 6.07) is -1.17. The average Bonchev–Trinajstić information content (AvgIpc) is 2.68. The van der Waals surface area contributed by atoms with Gasteiger partial charge in [-0.2, -0.15) is 13.2 Å². The monoisotopic (exact) mass is 295 g/mol. The van der Waals surface area contributed by atoms with Gasteiger partial charge in [0.25, 0.3) is 0 Å². The van der Waals surface area contributed by atoms with Gasteiger partial charge in [0.2, 0.25) is 5.89 Å². The third-order valence-corrected chi connectivity index (χ3v) is 2.04. The molecule has 1 rings (SSSR count). The van der Waals surface area contributed by atoms with Crippen LogP contribution in [0.5, 0.6) is 0 Å². The Morgan fingerprint density at radius 2 is 2.15 bits per heavy atom. The molecule has 10 heteroatoms. The van der Waals surface area contributed by atoms with E-state index in [9.17, 15) is 22.8 Å². The van der Waals surface area contributed by atoms with Crippen LogP contribution >= 0.6 is 0 Å². The van der Waals surface area contributed by atoms with Gasteiger partial charge in [-0.1, -0.05) is 0 Å². The molecule has 20 heavy (non-hydrogen) atoms. The molecule has 0 aromatic carbocycles. The minimum Gasteiger partial charge on any atom is -0.480 e. The predicted molar refractivity (Wildman–Crippen MR) is 58.7 cm³/mol. The van der Waals surface area contributed by atoms with Crippen LogP contribution in [-0.4, -0.2) is 46.3 Å². The summed E-state index contributed by atoms with van der Waals surface area (Å²) in [4.78, 5) is 25.9. The molecule has 0 saturated carbocycles. The number of carbonyl (C=O) groups excluding carboxylic acids is 1. The van der Waals surface area contributed by atoms with E-state index in [1.54, 1.807) is 6.92 Å². The Morgan fingerprint density at radius 1 is 1.50 bits per heavy atom. The molecule has 112 valence electrons. The van der Waals surface area contributed by atoms with Gasteiger partial charge in [0.15, 0.2) is 0 Å². The third kappa shape index (κ3) is 5.59. The summed E-state index contributed by atoms with van der Waals surface area (Å²) in [5.74, 6) is -0.957. The van der Waals surface area contributed by atoms with Crippen molar-refractivity contribution in [3.63, 3.8) is 0 Å². The van der Waals surface area contributed by atoms with Gasteiger partial charge >= 0.3 is 18.2 Å². The van der Waals surface area contributed by atoms with Gasteiger partial charge in [-0.15, -0.1) is 0 Å². The van der Waals surface area contributed by atoms with Crippen LogP contribution in [0.2, 0.25) is 0 Å². The lowest BCUT2D eigenvalue weighted by Gasteiger charge is -2.22. The van der Waals surface area contributed by atoms with Gasteiger partial charge in [0.05, 0.1) is 12.7 Å². The van der Waals surface area contributed by atoms with E-state index < -0.39 is 31.3 Å². The summed E-state index contributed by atoms with van der Waals surface area (Å²) in [5.41, 5.74) is 0. The smallest absolute Gasteiger partial charge is 0.406 e. The number of halogens is 3. The summed E-state index contributed by atoms with van der Waals surface area (Å²) >= 11 is 0. The van der Waals surface area contributed by atoms with Crippen LogP contribution in [0, 0.1) is 6.92 Å². The van der Waals surface area contributed by atoms with Crippen LogP contribution in [0.1, 0.15) is 11.7 Å². The minimum absolute atomic E-state index is 0.109. The number of nitrogens with one attached hydrogen (secondary N) is 1. The SMILES string of the molecule is Cc1cnc(CNC(=O)N(CC(=O)O)CC(F)(F)F)o1. The average molecular weight is 295 g/mol. The molecule has 0 aliphatic carbocycles. The standard InChI is InChI=1S/C10H12F3N3O4/c1-6-2-14-7(20-6)3-15-9(19)16(4-8(17)18)5-10(11,12)13/h2H,3-5H2,1H3,(H,15,19)(H,17,18). The molecule has 0 unspecified atom stereocenters. The minimum atomic E-state index is -4.69. The van der Waals surface area contributed by atoms with Crippen molar-refractivity contribution in [1.29, 1.82) is 0 Å². The quantitative estimate of drug-likeness (QED) is 0.849. The van der Waals surface area contributed by atoms with Crippen molar-refractivity contribution in [2.75, 3.05) is 13.1 Å². The predicted octanol–water partition coefficient (Wildman–Crippen LogP) is 1.14. The number of hydrogen-bond donors (Lipinski definition) is 2. The molecule has 2 N–H and O–H groups in total. The van der Waals surface area contributed by atoms with Gasteiger partial charge in [-0.05, 0) is 6.92 Å². The van der Waals surface area contributed by atoms with Crippen molar-refractivity contribution < 1.29 is 32.3 Å². The number of amides is 2. The second-order valence-electron chi connectivity index (χ2n) is 3.89. The van der Waals surface area contributed by atoms with Crippen molar-refractivity contribution in [1.82, 2.24) is 15.2 Å². The molecule has 2 amide bonds. The number of oxazole rings is 1. The zero-order chi connectivity index (χ0) is 15.3. The molecule has 0 radical (unpaired) electrons. The van der Waals surface area contributed by atoms with E-state index in [0.717, 1.165) is 0 Å². The number of aryl methyl sites for hydroxylation is 1. The van der Waals surface area contributed by atoms with E-state index in [0.29, 0.717) is 5.76 Å². The van der Waals surface area contributed by atoms with Crippen molar-refractivity contribution in [3.8, 4) is 0 Å². The Balaban J connectivity index is 2.60. The molecule has 1 heterocycles. The van der Waals surface area contributed by atoms with Crippen LogP contribution < -0.4 is 5.32 Å². The van der Waals surface area contributed by atoms with Gasteiger partial charge in [0.1, 0.15) is 18.8 Å². The Bertz CT molecular complexity index is 486. The third-order valence-electron chi connectivity index (χ3n) is 2.04. The number of aliphatic carboxylic acids is 1. The first-order valence-corrected chi connectivity index (χ1v) is 5.40. The first-order chi connectivity index (χ1) is 9.17. The number of carboxylic acid groups (broad SMARTS) is 1. The van der Waals surface area contributed by atoms with Crippen LogP contribution in [0.25, 0.3) is 0 Å². The number of hydrogen-bond acceptors (Lipinski definition) is 4. The molecule has 0 saturated heterocycles. The van der Waals surface area contributed by atoms with Crippen molar-refractivity contribution in [3.05, 3.63) is 17.8 Å². The van der Waals surface area contributed by atoms with Gasteiger partial charge in [-0.3, -0.25) is 4.79 Å². The highest BCUT2D eigenvalue weighted by atomic mass is 19.4. The highest BCUT2D eigenvalue weighted by Gasteiger charge is 2.34. The van der Waals surface area contributed by atoms with Gasteiger partial charge in [-0.25, -0.2) is 9.78 Å². The van der Waals surface area contributed by atoms with E-state index in [4.69, 9.17) is 9.52 Å². The number of urea groups is 1. The molecule has 1 aromatic heterocycles. The molecule has 0 atom stereocenters. The second-order valence-corrected chi connectivity index (χ2v) is 3.89. The Morgan fingerprint density at radius 3 is 2.60 bits per heavy atom. The number of carbonyl (C=O) groups is 2. The molecular weight excluding hydrogens is 283 g/mol. The summed E-state index contributed by atoms with van der Waals surface area (Å²) in [6.45, 7) is -1.34. The molecule has 1 aromatic rings. The topological polar surface area (TPSA) is 95.7 Å². The number of nitrogens with zero attached hydrogens (tertiary/aromatic N) is 2. The van der Waals surface area contributed by atoms with E-state index in [1.165, 1.54) is 6.20 Å². The lowest BCUT2D eigenvalue weighted by atomic mass is 10.4. The van der Waals surface area contributed by atoms with E-state index >= 15 is 0 Å². The molecule has 0 aliphatic rings. The molecule has 0 aliphatic heterocycles. The van der Waals surface area contributed by atoms with E-state index in [-0.39, 0.29) is 17.3 Å². The fourth-order valence-corrected chi connectivity index (χ4v) is 1.33. The molecule has 7 nitrogen and oxygen atoms in total. The highest BCUT2D eigenvalue weighted by Crippen LogP contribution is 2.16. The normalized spacial score (nSPS) is 11.2. The Hall–Kier alpha value is -2.26. The molecule has 0 fully saturated rings. The second kappa shape index (κ2) is 6.26. The molecular formula is C10H12F3N3O4. The van der Waals surface area contributed by atoms with Crippen LogP contribution in [0.15, 0.2) is 10.6 Å². The number of aromatic nitrogens is 1. The first-order valence-electron chi connectivity index (χ1n) is 5.40. The summed E-state index contributed by atoms with van der Waals surface area (Å²) in [6.07, 6.45) is -3.31. The largest absolute Gasteiger partial charge is 0.480 e. The maximum Gasteiger partial charge on any atom is 0.406 e. The number of alkyl halides is 3. The van der Waals surface area contributed by atoms with E-state index in [1.807, 2.05) is 0 Å². The van der Waals surface area contributed by atoms with E-state index in [2.05, 4.69) is 10.3 Å². The molecule has 0 spiro atoms. The molecule has 0 bridgehead atoms. The van der Waals surface area contributed by atoms with Crippen molar-refractivity contribution in [2.45, 2.75) is 19.6 Å². The van der Waals surface area contributed by atoms with Crippen LogP contribution in [0.3, 0.4) is 0 Å². The lowest BCUT2D eigenvalue weighted by molar-refractivity contribution is -0.148. The highest BCUT2D eigenvalue weighted by molar-refractivity contribution is 5.80. The van der Waals surface area contributed by atoms with Gasteiger partial charge in [0, 0.05) is 0 Å². The number of carboxylic acids is 1. The van der Waals surface area contributed by atoms with Gasteiger partial charge < -0.3 is 19.7 Å². The van der Waals surface area contributed by atoms with Crippen molar-refractivity contribution >= 4 is 12.0 Å². The fraction of sp³-hybridized carbons (Fsp3) is 0.500. The summed E-state index contributed by atoms with van der Waals surface area (Å²) in [7, 11) is 0. The zero-order valence-corrected chi connectivity index (χ0v) is 10.4. The lowest BCUT2D eigenvalue weighted by Crippen LogP contribution is -2.46. The zero-order valence-electron chi connectivity index (χ0n) is 10.4. The maximum atomic E-state index is 12.2. The fourth-order valence-electron chi connectivity index (χ4n) is 1.33. The first kappa shape index (κ1) is 15.8. The number of rotatable bonds is 5. The van der Waals surface area contributed by atoms with Crippen LogP contribution in [0.4, 0.5) is 18.0 Å². The van der Waals surface area contributed by atoms with Crippen LogP contribution in [-0.2, 0) is 11.3 Å².